The monoisotopic (exact) mass is 281 g/mol. The lowest BCUT2D eigenvalue weighted by Crippen LogP contribution is -2.48. The summed E-state index contributed by atoms with van der Waals surface area (Å²) in [4.78, 5) is 12.9. The molecule has 0 aliphatic rings. The molecule has 0 aliphatic heterocycles. The Hall–Kier alpha value is -1.42. The summed E-state index contributed by atoms with van der Waals surface area (Å²) in [7, 11) is 0. The fourth-order valence-corrected chi connectivity index (χ4v) is 2.53. The number of carbonyl (C=O) groups is 1. The molecule has 0 aromatic heterocycles. The second-order valence-electron chi connectivity index (χ2n) is 6.15. The average Bonchev–Trinajstić information content (AvgIpc) is 2.30. The van der Waals surface area contributed by atoms with Crippen molar-refractivity contribution < 1.29 is 14.3 Å². The number of nitrogens with zero attached hydrogens (tertiary/aromatic N) is 1. The van der Waals surface area contributed by atoms with E-state index in [0.717, 1.165) is 0 Å². The molecular weight excluding hydrogens is 257 g/mol. The smallest absolute Gasteiger partial charge is 0.304 e. The van der Waals surface area contributed by atoms with Gasteiger partial charge in [-0.25, -0.2) is 4.39 Å². The first-order chi connectivity index (χ1) is 9.21. The summed E-state index contributed by atoms with van der Waals surface area (Å²) < 4.78 is 13.7. The standard InChI is InChI=1S/C16H24FNO2/c1-12(11-13-7-5-6-8-14(13)17)18(16(2,3)4)10-9-15(19)20/h5-8,12H,9-11H2,1-4H3,(H,19,20). The fourth-order valence-electron chi connectivity index (χ4n) is 2.53. The predicted molar refractivity (Wildman–Crippen MR) is 78.3 cm³/mol. The lowest BCUT2D eigenvalue weighted by molar-refractivity contribution is -0.137. The molecule has 4 heteroatoms. The zero-order valence-electron chi connectivity index (χ0n) is 12.7. The number of hydrogen-bond acceptors (Lipinski definition) is 2. The van der Waals surface area contributed by atoms with Crippen LogP contribution in [-0.4, -0.2) is 34.1 Å². The summed E-state index contributed by atoms with van der Waals surface area (Å²) in [5.41, 5.74) is 0.518. The maximum absolute atomic E-state index is 13.7. The van der Waals surface area contributed by atoms with Gasteiger partial charge >= 0.3 is 5.97 Å². The zero-order valence-corrected chi connectivity index (χ0v) is 12.7. The summed E-state index contributed by atoms with van der Waals surface area (Å²) in [6.45, 7) is 8.63. The Morgan fingerprint density at radius 1 is 1.35 bits per heavy atom. The number of aliphatic carboxylic acids is 1. The van der Waals surface area contributed by atoms with Crippen LogP contribution in [0.4, 0.5) is 4.39 Å². The summed E-state index contributed by atoms with van der Waals surface area (Å²) in [5.74, 6) is -1.01. The highest BCUT2D eigenvalue weighted by Gasteiger charge is 2.27. The van der Waals surface area contributed by atoms with Gasteiger partial charge in [0.2, 0.25) is 0 Å². The molecule has 3 nitrogen and oxygen atoms in total. The lowest BCUT2D eigenvalue weighted by Gasteiger charge is -2.40. The second-order valence-corrected chi connectivity index (χ2v) is 6.15. The van der Waals surface area contributed by atoms with Gasteiger partial charge in [-0.15, -0.1) is 0 Å². The summed E-state index contributed by atoms with van der Waals surface area (Å²) in [6.07, 6.45) is 0.669. The number of carboxylic acid groups (broad SMARTS) is 1. The third kappa shape index (κ3) is 4.93. The van der Waals surface area contributed by atoms with Gasteiger partial charge < -0.3 is 5.11 Å². The van der Waals surface area contributed by atoms with E-state index in [9.17, 15) is 9.18 Å². The van der Waals surface area contributed by atoms with Gasteiger partial charge in [0.15, 0.2) is 0 Å². The van der Waals surface area contributed by atoms with Crippen molar-refractivity contribution in [3.8, 4) is 0 Å². The molecule has 1 N–H and O–H groups in total. The summed E-state index contributed by atoms with van der Waals surface area (Å²) in [6, 6.07) is 6.82. The molecular formula is C16H24FNO2. The minimum absolute atomic E-state index is 0.0752. The molecule has 1 aromatic rings. The van der Waals surface area contributed by atoms with E-state index in [-0.39, 0.29) is 23.8 Å². The van der Waals surface area contributed by atoms with Crippen LogP contribution in [0.5, 0.6) is 0 Å². The molecule has 1 rings (SSSR count). The maximum atomic E-state index is 13.7. The van der Waals surface area contributed by atoms with Crippen LogP contribution in [0.2, 0.25) is 0 Å². The van der Waals surface area contributed by atoms with Gasteiger partial charge in [0.25, 0.3) is 0 Å². The third-order valence-corrected chi connectivity index (χ3v) is 3.43. The summed E-state index contributed by atoms with van der Waals surface area (Å²) >= 11 is 0. The van der Waals surface area contributed by atoms with Crippen molar-refractivity contribution in [3.05, 3.63) is 35.6 Å². The van der Waals surface area contributed by atoms with E-state index in [1.807, 2.05) is 33.8 Å². The number of rotatable bonds is 6. The molecule has 0 saturated carbocycles. The average molecular weight is 281 g/mol. The SMILES string of the molecule is CC(Cc1ccccc1F)N(CCC(=O)O)C(C)(C)C. The van der Waals surface area contributed by atoms with Crippen LogP contribution in [0.3, 0.4) is 0 Å². The molecule has 20 heavy (non-hydrogen) atoms. The van der Waals surface area contributed by atoms with Crippen molar-refractivity contribution in [2.45, 2.75) is 52.1 Å². The van der Waals surface area contributed by atoms with Crippen LogP contribution in [0.15, 0.2) is 24.3 Å². The number of carboxylic acids is 1. The molecule has 0 bridgehead atoms. The Balaban J connectivity index is 2.80. The second kappa shape index (κ2) is 6.84. The molecule has 0 aliphatic carbocycles. The molecule has 0 spiro atoms. The molecule has 1 atom stereocenters. The van der Waals surface area contributed by atoms with Gasteiger partial charge in [0.1, 0.15) is 5.82 Å². The molecule has 0 radical (unpaired) electrons. The van der Waals surface area contributed by atoms with Crippen LogP contribution in [0, 0.1) is 5.82 Å². The first-order valence-corrected chi connectivity index (χ1v) is 6.93. The normalized spacial score (nSPS) is 13.5. The van der Waals surface area contributed by atoms with Crippen LogP contribution < -0.4 is 0 Å². The predicted octanol–water partition coefficient (Wildman–Crippen LogP) is 3.33. The van der Waals surface area contributed by atoms with E-state index in [2.05, 4.69) is 4.90 Å². The van der Waals surface area contributed by atoms with Gasteiger partial charge in [-0.1, -0.05) is 18.2 Å². The quantitative estimate of drug-likeness (QED) is 0.869. The largest absolute Gasteiger partial charge is 0.481 e. The minimum atomic E-state index is -0.808. The van der Waals surface area contributed by atoms with E-state index >= 15 is 0 Å². The van der Waals surface area contributed by atoms with Crippen molar-refractivity contribution in [2.75, 3.05) is 6.54 Å². The molecule has 0 fully saturated rings. The number of hydrogen-bond donors (Lipinski definition) is 1. The van der Waals surface area contributed by atoms with Crippen LogP contribution in [0.1, 0.15) is 39.7 Å². The molecule has 0 amide bonds. The Morgan fingerprint density at radius 3 is 2.45 bits per heavy atom. The Morgan fingerprint density at radius 2 is 1.95 bits per heavy atom. The van der Waals surface area contributed by atoms with Gasteiger partial charge in [0, 0.05) is 18.1 Å². The van der Waals surface area contributed by atoms with E-state index in [1.54, 1.807) is 12.1 Å². The van der Waals surface area contributed by atoms with Crippen molar-refractivity contribution in [2.24, 2.45) is 0 Å². The van der Waals surface area contributed by atoms with E-state index in [0.29, 0.717) is 18.5 Å². The van der Waals surface area contributed by atoms with Gasteiger partial charge in [-0.3, -0.25) is 9.69 Å². The third-order valence-electron chi connectivity index (χ3n) is 3.43. The molecule has 112 valence electrons. The molecule has 1 aromatic carbocycles. The first-order valence-electron chi connectivity index (χ1n) is 6.93. The maximum Gasteiger partial charge on any atom is 0.304 e. The highest BCUT2D eigenvalue weighted by molar-refractivity contribution is 5.66. The molecule has 0 heterocycles. The minimum Gasteiger partial charge on any atom is -0.481 e. The van der Waals surface area contributed by atoms with Gasteiger partial charge in [0.05, 0.1) is 6.42 Å². The number of halogens is 1. The Kier molecular flexibility index (Phi) is 5.69. The summed E-state index contributed by atoms with van der Waals surface area (Å²) in [5, 5.41) is 8.86. The fraction of sp³-hybridized carbons (Fsp3) is 0.562. The van der Waals surface area contributed by atoms with Crippen LogP contribution >= 0.6 is 0 Å². The van der Waals surface area contributed by atoms with Gasteiger partial charge in [-0.2, -0.15) is 0 Å². The van der Waals surface area contributed by atoms with Crippen LogP contribution in [0.25, 0.3) is 0 Å². The molecule has 0 saturated heterocycles. The Labute approximate surface area is 120 Å². The van der Waals surface area contributed by atoms with Crippen molar-refractivity contribution in [1.29, 1.82) is 0 Å². The molecule has 1 unspecified atom stereocenters. The zero-order chi connectivity index (χ0) is 15.3. The van der Waals surface area contributed by atoms with Crippen molar-refractivity contribution in [3.63, 3.8) is 0 Å². The highest BCUT2D eigenvalue weighted by atomic mass is 19.1. The lowest BCUT2D eigenvalue weighted by atomic mass is 9.98. The van der Waals surface area contributed by atoms with E-state index in [4.69, 9.17) is 5.11 Å². The highest BCUT2D eigenvalue weighted by Crippen LogP contribution is 2.21. The number of benzene rings is 1. The van der Waals surface area contributed by atoms with Crippen molar-refractivity contribution in [1.82, 2.24) is 4.90 Å². The van der Waals surface area contributed by atoms with E-state index in [1.165, 1.54) is 6.07 Å². The van der Waals surface area contributed by atoms with Crippen molar-refractivity contribution >= 4 is 5.97 Å². The topological polar surface area (TPSA) is 40.5 Å². The van der Waals surface area contributed by atoms with Gasteiger partial charge in [-0.05, 0) is 45.7 Å². The van der Waals surface area contributed by atoms with Crippen LogP contribution in [-0.2, 0) is 11.2 Å². The Bertz CT molecular complexity index is 454. The van der Waals surface area contributed by atoms with E-state index < -0.39 is 5.97 Å². The first kappa shape index (κ1) is 16.6.